The number of aromatic hydroxyl groups is 1. The van der Waals surface area contributed by atoms with E-state index < -0.39 is 46.7 Å². The number of amides is 3. The number of hydrogen-bond donors (Lipinski definition) is 5. The van der Waals surface area contributed by atoms with Gasteiger partial charge in [0.05, 0.1) is 17.1 Å². The van der Waals surface area contributed by atoms with Crippen molar-refractivity contribution in [3.8, 4) is 11.5 Å². The van der Waals surface area contributed by atoms with Gasteiger partial charge in [0.25, 0.3) is 0 Å². The summed E-state index contributed by atoms with van der Waals surface area (Å²) in [6, 6.07) is 3.09. The third-order valence-electron chi connectivity index (χ3n) is 8.66. The molecule has 1 saturated heterocycles. The van der Waals surface area contributed by atoms with Gasteiger partial charge in [-0.15, -0.1) is 0 Å². The third kappa shape index (κ3) is 4.86. The predicted octanol–water partition coefficient (Wildman–Crippen LogP) is 0.318. The number of likely N-dealkylation sites (tertiary alicyclic amines) is 1. The summed E-state index contributed by atoms with van der Waals surface area (Å²) in [5, 5.41) is 31.0. The maximum Gasteiger partial charge on any atom is 0.407 e. The van der Waals surface area contributed by atoms with Gasteiger partial charge in [-0.25, -0.2) is 4.79 Å². The Kier molecular flexibility index (Phi) is 7.38. The summed E-state index contributed by atoms with van der Waals surface area (Å²) in [5.74, 6) is -0.352. The average molecular weight is 561 g/mol. The maximum absolute atomic E-state index is 12.8. The molecule has 2 aliphatic heterocycles. The Morgan fingerprint density at radius 3 is 2.60 bits per heavy atom. The molecule has 2 heterocycles. The molecule has 4 aliphatic rings. The summed E-state index contributed by atoms with van der Waals surface area (Å²) in [5.41, 5.74) is -0.414. The van der Waals surface area contributed by atoms with Gasteiger partial charge in [0.1, 0.15) is 24.9 Å². The number of piperidine rings is 1. The molecule has 40 heavy (non-hydrogen) atoms. The van der Waals surface area contributed by atoms with Crippen LogP contribution in [0, 0.1) is 0 Å². The smallest absolute Gasteiger partial charge is 0.407 e. The van der Waals surface area contributed by atoms with E-state index in [0.29, 0.717) is 31.4 Å². The van der Waals surface area contributed by atoms with Gasteiger partial charge >= 0.3 is 6.09 Å². The number of ether oxygens (including phenoxy) is 3. The Morgan fingerprint density at radius 1 is 1.12 bits per heavy atom. The van der Waals surface area contributed by atoms with Crippen LogP contribution in [0.2, 0.25) is 0 Å². The van der Waals surface area contributed by atoms with E-state index in [1.165, 1.54) is 0 Å². The number of carbonyl (C=O) groups excluding carboxylic acids is 3. The van der Waals surface area contributed by atoms with Crippen LogP contribution in [0.5, 0.6) is 11.5 Å². The van der Waals surface area contributed by atoms with Crippen LogP contribution < -0.4 is 20.7 Å². The van der Waals surface area contributed by atoms with Crippen LogP contribution in [0.15, 0.2) is 12.1 Å². The van der Waals surface area contributed by atoms with E-state index in [-0.39, 0.29) is 38.1 Å². The zero-order chi connectivity index (χ0) is 28.9. The second-order valence-electron chi connectivity index (χ2n) is 12.3. The highest BCUT2D eigenvalue weighted by atomic mass is 16.6. The summed E-state index contributed by atoms with van der Waals surface area (Å²) in [6.45, 7) is 5.79. The summed E-state index contributed by atoms with van der Waals surface area (Å²) >= 11 is 0. The first-order valence-corrected chi connectivity index (χ1v) is 13.9. The Bertz CT molecular complexity index is 1190. The molecule has 12 nitrogen and oxygen atoms in total. The molecule has 5 atom stereocenters. The lowest BCUT2D eigenvalue weighted by atomic mass is 9.48. The molecule has 2 bridgehead atoms. The normalized spacial score (nSPS) is 30.1. The van der Waals surface area contributed by atoms with E-state index in [2.05, 4.69) is 20.9 Å². The zero-order valence-electron chi connectivity index (χ0n) is 23.5. The van der Waals surface area contributed by atoms with Crippen LogP contribution in [0.3, 0.4) is 0 Å². The zero-order valence-corrected chi connectivity index (χ0v) is 23.5. The van der Waals surface area contributed by atoms with E-state index >= 15 is 0 Å². The summed E-state index contributed by atoms with van der Waals surface area (Å²) in [7, 11) is 2.03. The van der Waals surface area contributed by atoms with Crippen molar-refractivity contribution in [3.63, 3.8) is 0 Å². The number of carbonyl (C=O) groups is 3. The number of benzene rings is 1. The van der Waals surface area contributed by atoms with Gasteiger partial charge in [0.15, 0.2) is 11.5 Å². The highest BCUT2D eigenvalue weighted by molar-refractivity contribution is 5.80. The van der Waals surface area contributed by atoms with E-state index in [0.717, 1.165) is 17.7 Å². The van der Waals surface area contributed by atoms with Crippen molar-refractivity contribution < 1.29 is 38.8 Å². The second-order valence-corrected chi connectivity index (χ2v) is 12.3. The Balaban J connectivity index is 1.14. The molecule has 2 fully saturated rings. The number of nitrogens with zero attached hydrogens (tertiary/aromatic N) is 1. The first-order chi connectivity index (χ1) is 18.9. The molecular formula is C28H40N4O8. The molecule has 2 aliphatic carbocycles. The van der Waals surface area contributed by atoms with Crippen molar-refractivity contribution in [2.24, 2.45) is 0 Å². The van der Waals surface area contributed by atoms with Crippen molar-refractivity contribution in [3.05, 3.63) is 23.3 Å². The SMILES string of the molecule is CN1CC[C@]23c4c5ccc(O)c4O[C@H]2[C@@H](NC(=O)COCC(=O)NCCNC(=O)OC(C)(C)C)CC[C@@]3(O)[C@H]1C5. The van der Waals surface area contributed by atoms with Crippen LogP contribution in [-0.2, 0) is 30.9 Å². The number of aliphatic hydroxyl groups is 1. The van der Waals surface area contributed by atoms with Crippen molar-refractivity contribution >= 4 is 17.9 Å². The minimum absolute atomic E-state index is 0.0444. The average Bonchev–Trinajstić information content (AvgIpc) is 3.22. The number of hydrogen-bond acceptors (Lipinski definition) is 9. The van der Waals surface area contributed by atoms with Crippen molar-refractivity contribution in [2.45, 2.75) is 81.3 Å². The molecule has 0 radical (unpaired) electrons. The maximum atomic E-state index is 12.8. The fourth-order valence-corrected chi connectivity index (χ4v) is 7.12. The molecular weight excluding hydrogens is 520 g/mol. The van der Waals surface area contributed by atoms with E-state index in [9.17, 15) is 24.6 Å². The molecule has 1 spiro atoms. The van der Waals surface area contributed by atoms with Crippen LogP contribution in [0.1, 0.15) is 51.2 Å². The van der Waals surface area contributed by atoms with E-state index in [1.807, 2.05) is 13.1 Å². The van der Waals surface area contributed by atoms with Gasteiger partial charge in [-0.05, 0) is 71.7 Å². The molecule has 5 N–H and O–H groups in total. The Morgan fingerprint density at radius 2 is 1.85 bits per heavy atom. The predicted molar refractivity (Wildman–Crippen MR) is 143 cm³/mol. The van der Waals surface area contributed by atoms with Gasteiger partial charge in [-0.3, -0.25) is 9.59 Å². The van der Waals surface area contributed by atoms with Crippen LogP contribution in [-0.4, -0.2) is 102 Å². The summed E-state index contributed by atoms with van der Waals surface area (Å²) in [4.78, 5) is 38.7. The molecule has 0 aromatic heterocycles. The molecule has 220 valence electrons. The molecule has 1 saturated carbocycles. The number of alkyl carbamates (subject to hydrolysis) is 1. The van der Waals surface area contributed by atoms with Gasteiger partial charge in [0.2, 0.25) is 11.8 Å². The standard InChI is InChI=1S/C28H40N4O8/c1-26(2,3)40-25(36)30-11-10-29-20(34)14-38-15-21(35)31-17-7-8-28(37)19-13-16-5-6-18(33)23-22(16)27(28,24(17)39-23)9-12-32(19)4/h5-6,17,19,24,33,37H,7-15H2,1-4H3,(H,29,34)(H,30,36)(H,31,35)/t17-,19+,24-,27-,28+/m0/s1. The van der Waals surface area contributed by atoms with Gasteiger partial charge in [-0.2, -0.15) is 0 Å². The van der Waals surface area contributed by atoms with Crippen LogP contribution >= 0.6 is 0 Å². The van der Waals surface area contributed by atoms with Crippen molar-refractivity contribution in [1.29, 1.82) is 0 Å². The minimum Gasteiger partial charge on any atom is -0.504 e. The minimum atomic E-state index is -1.04. The van der Waals surface area contributed by atoms with Gasteiger partial charge < -0.3 is 45.3 Å². The topological polar surface area (TPSA) is 159 Å². The number of phenols is 1. The fourth-order valence-electron chi connectivity index (χ4n) is 7.12. The van der Waals surface area contributed by atoms with Crippen LogP contribution in [0.4, 0.5) is 4.79 Å². The van der Waals surface area contributed by atoms with Gasteiger partial charge in [-0.1, -0.05) is 6.07 Å². The number of likely N-dealkylation sites (N-methyl/N-ethyl adjacent to an activating group) is 1. The highest BCUT2D eigenvalue weighted by Crippen LogP contribution is 2.65. The second kappa shape index (κ2) is 10.4. The lowest BCUT2D eigenvalue weighted by Gasteiger charge is -2.63. The molecule has 0 unspecified atom stereocenters. The quantitative estimate of drug-likeness (QED) is 0.282. The molecule has 3 amide bonds. The van der Waals surface area contributed by atoms with Crippen LogP contribution in [0.25, 0.3) is 0 Å². The lowest BCUT2D eigenvalue weighted by Crippen LogP contribution is -2.77. The Labute approximate surface area is 233 Å². The van der Waals surface area contributed by atoms with E-state index in [4.69, 9.17) is 14.2 Å². The lowest BCUT2D eigenvalue weighted by molar-refractivity contribution is -0.187. The largest absolute Gasteiger partial charge is 0.504 e. The fraction of sp³-hybridized carbons (Fsp3) is 0.679. The number of phenolic OH excluding ortho intramolecular Hbond substituents is 1. The first-order valence-electron chi connectivity index (χ1n) is 13.9. The third-order valence-corrected chi connectivity index (χ3v) is 8.66. The molecule has 1 aromatic rings. The van der Waals surface area contributed by atoms with Gasteiger partial charge in [0, 0.05) is 24.7 Å². The van der Waals surface area contributed by atoms with E-state index in [1.54, 1.807) is 26.8 Å². The Hall–Kier alpha value is -3.09. The first kappa shape index (κ1) is 28.4. The van der Waals surface area contributed by atoms with Crippen molar-refractivity contribution in [1.82, 2.24) is 20.9 Å². The number of rotatable bonds is 8. The summed E-state index contributed by atoms with van der Waals surface area (Å²) < 4.78 is 16.8. The molecule has 12 heteroatoms. The molecule has 1 aromatic carbocycles. The molecule has 5 rings (SSSR count). The monoisotopic (exact) mass is 560 g/mol. The number of nitrogens with one attached hydrogen (secondary N) is 3. The van der Waals surface area contributed by atoms with Crippen molar-refractivity contribution in [2.75, 3.05) is 39.9 Å². The summed E-state index contributed by atoms with van der Waals surface area (Å²) in [6.07, 6.45) is 1.22. The highest BCUT2D eigenvalue weighted by Gasteiger charge is 2.72.